The number of hydrogen-bond acceptors (Lipinski definition) is 5. The van der Waals surface area contributed by atoms with Crippen LogP contribution in [0, 0.1) is 0 Å². The lowest BCUT2D eigenvalue weighted by molar-refractivity contribution is 0.0947. The summed E-state index contributed by atoms with van der Waals surface area (Å²) in [6, 6.07) is 6.38. The average molecular weight is 374 g/mol. The van der Waals surface area contributed by atoms with E-state index in [1.807, 2.05) is 0 Å². The fourth-order valence-electron chi connectivity index (χ4n) is 3.41. The maximum absolute atomic E-state index is 13.1. The molecule has 0 amide bonds. The molecule has 6 nitrogen and oxygen atoms in total. The number of nitrogens with one attached hydrogen (secondary N) is 1. The summed E-state index contributed by atoms with van der Waals surface area (Å²) in [6.45, 7) is 4.62. The van der Waals surface area contributed by atoms with Crippen LogP contribution in [0.1, 0.15) is 46.4 Å². The number of sulfonamides is 1. The summed E-state index contributed by atoms with van der Waals surface area (Å²) in [5.41, 5.74) is 0.404. The van der Waals surface area contributed by atoms with Gasteiger partial charge in [0.05, 0.1) is 0 Å². The van der Waals surface area contributed by atoms with Gasteiger partial charge in [-0.3, -0.25) is 9.59 Å². The monoisotopic (exact) mass is 374 g/mol. The number of allylic oxidation sites excluding steroid dienone is 2. The molecule has 3 rings (SSSR count). The Balaban J connectivity index is 2.19. The maximum atomic E-state index is 13.1. The second kappa shape index (κ2) is 7.55. The van der Waals surface area contributed by atoms with Gasteiger partial charge in [0.2, 0.25) is 21.6 Å². The molecule has 1 aromatic rings. The third kappa shape index (κ3) is 3.37. The molecule has 0 spiro atoms. The average Bonchev–Trinajstić information content (AvgIpc) is 2.92. The van der Waals surface area contributed by atoms with Crippen LogP contribution in [0.15, 0.2) is 47.5 Å². The van der Waals surface area contributed by atoms with E-state index in [0.717, 1.165) is 25.7 Å². The van der Waals surface area contributed by atoms with Crippen LogP contribution in [0.2, 0.25) is 0 Å². The van der Waals surface area contributed by atoms with Crippen LogP contribution >= 0.6 is 0 Å². The standard InChI is InChI=1S/C19H22N2O4S/c1-2-11-20-26(24,25)19-16(21-12-7-3-4-8-13-21)17(22)14-9-5-6-10-15(14)18(19)23/h2,5-6,9-10,20H,1,3-4,7-8,11-13H2. The lowest BCUT2D eigenvalue weighted by Gasteiger charge is -2.30. The number of carbonyl (C=O) groups excluding carboxylic acids is 2. The van der Waals surface area contributed by atoms with Gasteiger partial charge >= 0.3 is 0 Å². The summed E-state index contributed by atoms with van der Waals surface area (Å²) >= 11 is 0. The minimum Gasteiger partial charge on any atom is -0.367 e. The molecular formula is C19H22N2O4S. The minimum atomic E-state index is -4.13. The molecule has 138 valence electrons. The molecule has 0 atom stereocenters. The van der Waals surface area contributed by atoms with Gasteiger partial charge in [-0.15, -0.1) is 6.58 Å². The number of fused-ring (bicyclic) bond motifs is 1. The van der Waals surface area contributed by atoms with Gasteiger partial charge in [-0.25, -0.2) is 13.1 Å². The summed E-state index contributed by atoms with van der Waals surface area (Å²) in [6.07, 6.45) is 5.17. The van der Waals surface area contributed by atoms with Crippen molar-refractivity contribution in [3.8, 4) is 0 Å². The Bertz CT molecular complexity index is 879. The van der Waals surface area contributed by atoms with Crippen molar-refractivity contribution in [3.05, 3.63) is 58.6 Å². The third-order valence-corrected chi connectivity index (χ3v) is 6.12. The van der Waals surface area contributed by atoms with Gasteiger partial charge in [0.15, 0.2) is 4.91 Å². The van der Waals surface area contributed by atoms with E-state index >= 15 is 0 Å². The first-order chi connectivity index (χ1) is 12.5. The number of carbonyl (C=O) groups is 2. The Morgan fingerprint density at radius 2 is 1.58 bits per heavy atom. The summed E-state index contributed by atoms with van der Waals surface area (Å²) in [7, 11) is -4.13. The number of benzene rings is 1. The van der Waals surface area contributed by atoms with Crippen LogP contribution in [0.4, 0.5) is 0 Å². The summed E-state index contributed by atoms with van der Waals surface area (Å²) in [4.78, 5) is 27.5. The maximum Gasteiger partial charge on any atom is 0.246 e. The van der Waals surface area contributed by atoms with Crippen molar-refractivity contribution in [1.29, 1.82) is 0 Å². The molecule has 2 aliphatic rings. The molecule has 7 heteroatoms. The largest absolute Gasteiger partial charge is 0.367 e. The van der Waals surface area contributed by atoms with Crippen molar-refractivity contribution in [2.45, 2.75) is 25.7 Å². The Labute approximate surface area is 153 Å². The topological polar surface area (TPSA) is 83.6 Å². The van der Waals surface area contributed by atoms with Gasteiger partial charge in [-0.1, -0.05) is 43.2 Å². The Hall–Kier alpha value is -2.25. The van der Waals surface area contributed by atoms with E-state index < -0.39 is 26.5 Å². The number of likely N-dealkylation sites (tertiary alicyclic amines) is 1. The van der Waals surface area contributed by atoms with Crippen molar-refractivity contribution in [2.75, 3.05) is 19.6 Å². The highest BCUT2D eigenvalue weighted by molar-refractivity contribution is 7.94. The molecule has 0 saturated carbocycles. The Morgan fingerprint density at radius 1 is 1.00 bits per heavy atom. The predicted molar refractivity (Wildman–Crippen MR) is 99.3 cm³/mol. The van der Waals surface area contributed by atoms with Gasteiger partial charge in [-0.2, -0.15) is 0 Å². The highest BCUT2D eigenvalue weighted by Gasteiger charge is 2.41. The number of Topliss-reactive ketones (excluding diaryl/α,β-unsaturated/α-hetero) is 2. The fraction of sp³-hybridized carbons (Fsp3) is 0.368. The highest BCUT2D eigenvalue weighted by atomic mass is 32.2. The van der Waals surface area contributed by atoms with Gasteiger partial charge in [0, 0.05) is 30.8 Å². The molecule has 0 bridgehead atoms. The molecule has 0 aromatic heterocycles. The highest BCUT2D eigenvalue weighted by Crippen LogP contribution is 2.32. The third-order valence-electron chi connectivity index (χ3n) is 4.66. The van der Waals surface area contributed by atoms with Gasteiger partial charge < -0.3 is 4.90 Å². The van der Waals surface area contributed by atoms with Crippen molar-refractivity contribution in [1.82, 2.24) is 9.62 Å². The molecule has 1 aliphatic heterocycles. The van der Waals surface area contributed by atoms with Crippen LogP contribution in [-0.4, -0.2) is 44.5 Å². The lowest BCUT2D eigenvalue weighted by Crippen LogP contribution is -2.40. The molecule has 0 radical (unpaired) electrons. The normalized spacial score (nSPS) is 18.5. The second-order valence-electron chi connectivity index (χ2n) is 6.42. The van der Waals surface area contributed by atoms with Crippen LogP contribution in [0.25, 0.3) is 0 Å². The molecular weight excluding hydrogens is 352 g/mol. The summed E-state index contributed by atoms with van der Waals surface area (Å²) in [5, 5.41) is 0. The number of hydrogen-bond donors (Lipinski definition) is 1. The molecule has 1 aromatic carbocycles. The number of rotatable bonds is 5. The van der Waals surface area contributed by atoms with Crippen LogP contribution < -0.4 is 4.72 Å². The zero-order chi connectivity index (χ0) is 18.7. The van der Waals surface area contributed by atoms with Gasteiger partial charge in [0.1, 0.15) is 5.70 Å². The van der Waals surface area contributed by atoms with Crippen molar-refractivity contribution >= 4 is 21.6 Å². The molecule has 1 heterocycles. The molecule has 1 fully saturated rings. The summed E-state index contributed by atoms with van der Waals surface area (Å²) in [5.74, 6) is -1.03. The summed E-state index contributed by atoms with van der Waals surface area (Å²) < 4.78 is 28.0. The SMILES string of the molecule is C=CCNS(=O)(=O)C1=C(N2CCCCCC2)C(=O)c2ccccc2C1=O. The molecule has 1 saturated heterocycles. The molecule has 26 heavy (non-hydrogen) atoms. The first kappa shape index (κ1) is 18.5. The van der Waals surface area contributed by atoms with Crippen molar-refractivity contribution in [3.63, 3.8) is 0 Å². The van der Waals surface area contributed by atoms with E-state index in [4.69, 9.17) is 0 Å². The van der Waals surface area contributed by atoms with Crippen molar-refractivity contribution in [2.24, 2.45) is 0 Å². The van der Waals surface area contributed by atoms with E-state index in [-0.39, 0.29) is 23.4 Å². The van der Waals surface area contributed by atoms with Crippen LogP contribution in [0.3, 0.4) is 0 Å². The van der Waals surface area contributed by atoms with E-state index in [2.05, 4.69) is 11.3 Å². The first-order valence-electron chi connectivity index (χ1n) is 8.75. The quantitative estimate of drug-likeness (QED) is 0.800. The van der Waals surface area contributed by atoms with Crippen LogP contribution in [0.5, 0.6) is 0 Å². The van der Waals surface area contributed by atoms with E-state index in [9.17, 15) is 18.0 Å². The lowest BCUT2D eigenvalue weighted by atomic mass is 9.91. The predicted octanol–water partition coefficient (Wildman–Crippen LogP) is 2.26. The van der Waals surface area contributed by atoms with Crippen molar-refractivity contribution < 1.29 is 18.0 Å². The minimum absolute atomic E-state index is 0.00663. The fourth-order valence-corrected chi connectivity index (χ4v) is 4.72. The number of nitrogens with zero attached hydrogens (tertiary/aromatic N) is 1. The Morgan fingerprint density at radius 3 is 2.15 bits per heavy atom. The second-order valence-corrected chi connectivity index (χ2v) is 8.13. The van der Waals surface area contributed by atoms with Gasteiger partial charge in [0.25, 0.3) is 0 Å². The first-order valence-corrected chi connectivity index (χ1v) is 10.2. The zero-order valence-corrected chi connectivity index (χ0v) is 15.3. The van der Waals surface area contributed by atoms with E-state index in [1.165, 1.54) is 12.1 Å². The van der Waals surface area contributed by atoms with E-state index in [1.54, 1.807) is 23.1 Å². The molecule has 0 unspecified atom stereocenters. The molecule has 1 N–H and O–H groups in total. The zero-order valence-electron chi connectivity index (χ0n) is 14.5. The smallest absolute Gasteiger partial charge is 0.246 e. The Kier molecular flexibility index (Phi) is 5.38. The van der Waals surface area contributed by atoms with Gasteiger partial charge in [-0.05, 0) is 12.8 Å². The van der Waals surface area contributed by atoms with E-state index in [0.29, 0.717) is 13.1 Å². The number of ketones is 2. The molecule has 1 aliphatic carbocycles. The van der Waals surface area contributed by atoms with Crippen LogP contribution in [-0.2, 0) is 10.0 Å².